The van der Waals surface area contributed by atoms with Crippen LogP contribution in [-0.2, 0) is 31.1 Å². The van der Waals surface area contributed by atoms with E-state index in [9.17, 15) is 24.3 Å². The van der Waals surface area contributed by atoms with Gasteiger partial charge in [-0.05, 0) is 18.2 Å². The van der Waals surface area contributed by atoms with E-state index in [1.165, 1.54) is 30.7 Å². The highest BCUT2D eigenvalue weighted by Crippen LogP contribution is 2.49. The van der Waals surface area contributed by atoms with Gasteiger partial charge in [-0.2, -0.15) is 0 Å². The molecule has 0 radical (unpaired) electrons. The van der Waals surface area contributed by atoms with E-state index >= 15 is 0 Å². The number of aliphatic carboxylic acids is 1. The summed E-state index contributed by atoms with van der Waals surface area (Å²) >= 11 is 0. The molecule has 1 unspecified atom stereocenters. The van der Waals surface area contributed by atoms with E-state index in [-0.39, 0.29) is 29.4 Å². The van der Waals surface area contributed by atoms with Crippen LogP contribution in [0, 0.1) is 0 Å². The predicted octanol–water partition coefficient (Wildman–Crippen LogP) is 0.00830. The molecule has 2 N–H and O–H groups in total. The topological polar surface area (TPSA) is 141 Å². The number of phenolic OH excluding ortho intramolecular Hbond substituents is 1. The van der Waals surface area contributed by atoms with Crippen LogP contribution in [0.25, 0.3) is 0 Å². The van der Waals surface area contributed by atoms with E-state index in [2.05, 4.69) is 4.98 Å². The zero-order chi connectivity index (χ0) is 19.3. The van der Waals surface area contributed by atoms with Gasteiger partial charge in [0.2, 0.25) is 17.7 Å². The standard InChI is InChI=1S/C17H13N3O7/c21-9-1-2-11-10(5-9)17(15(25)19(11)8-14(23)24)6-13(22)20(16(17)26)7-12-18-3-4-27-12/h1-5,21H,6-8H2,(H,23,24). The molecule has 138 valence electrons. The lowest BCUT2D eigenvalue weighted by atomic mass is 9.80. The molecule has 0 bridgehead atoms. The van der Waals surface area contributed by atoms with Crippen LogP contribution in [0.4, 0.5) is 5.69 Å². The summed E-state index contributed by atoms with van der Waals surface area (Å²) in [5, 5.41) is 19.0. The van der Waals surface area contributed by atoms with Crippen LogP contribution in [0.2, 0.25) is 0 Å². The Kier molecular flexibility index (Phi) is 3.51. The monoisotopic (exact) mass is 371 g/mol. The zero-order valence-electron chi connectivity index (χ0n) is 13.8. The van der Waals surface area contributed by atoms with E-state index in [0.717, 1.165) is 9.80 Å². The van der Waals surface area contributed by atoms with E-state index in [0.29, 0.717) is 0 Å². The fourth-order valence-electron chi connectivity index (χ4n) is 3.59. The fourth-order valence-corrected chi connectivity index (χ4v) is 3.59. The molecule has 4 rings (SSSR count). The van der Waals surface area contributed by atoms with Gasteiger partial charge >= 0.3 is 5.97 Å². The minimum Gasteiger partial charge on any atom is -0.508 e. The molecule has 1 fully saturated rings. The number of likely N-dealkylation sites (tertiary alicyclic amines) is 1. The number of aromatic nitrogens is 1. The fraction of sp³-hybridized carbons (Fsp3) is 0.235. The molecule has 10 heteroatoms. The first kappa shape index (κ1) is 16.8. The van der Waals surface area contributed by atoms with Crippen LogP contribution in [0.5, 0.6) is 5.75 Å². The second-order valence-electron chi connectivity index (χ2n) is 6.28. The Balaban J connectivity index is 1.81. The van der Waals surface area contributed by atoms with Gasteiger partial charge in [0, 0.05) is 11.3 Å². The second-order valence-corrected chi connectivity index (χ2v) is 6.28. The number of nitrogens with zero attached hydrogens (tertiary/aromatic N) is 3. The summed E-state index contributed by atoms with van der Waals surface area (Å²) in [5.41, 5.74) is -1.60. The molecule has 10 nitrogen and oxygen atoms in total. The van der Waals surface area contributed by atoms with Gasteiger partial charge in [-0.3, -0.25) is 29.0 Å². The van der Waals surface area contributed by atoms with Gasteiger partial charge in [-0.15, -0.1) is 0 Å². The molecule has 1 atom stereocenters. The normalized spacial score (nSPS) is 21.4. The van der Waals surface area contributed by atoms with Crippen molar-refractivity contribution in [3.63, 3.8) is 0 Å². The summed E-state index contributed by atoms with van der Waals surface area (Å²) in [7, 11) is 0. The van der Waals surface area contributed by atoms with Crippen molar-refractivity contribution in [3.05, 3.63) is 42.1 Å². The van der Waals surface area contributed by atoms with Crippen molar-refractivity contribution in [2.45, 2.75) is 18.4 Å². The van der Waals surface area contributed by atoms with Crippen molar-refractivity contribution in [2.75, 3.05) is 11.4 Å². The number of aromatic hydroxyl groups is 1. The third-order valence-electron chi connectivity index (χ3n) is 4.74. The highest BCUT2D eigenvalue weighted by molar-refractivity contribution is 6.29. The van der Waals surface area contributed by atoms with E-state index in [1.807, 2.05) is 0 Å². The maximum atomic E-state index is 13.1. The summed E-state index contributed by atoms with van der Waals surface area (Å²) in [6.45, 7) is -0.910. The maximum absolute atomic E-state index is 13.1. The summed E-state index contributed by atoms with van der Waals surface area (Å²) in [6, 6.07) is 3.86. The lowest BCUT2D eigenvalue weighted by Gasteiger charge is -2.21. The van der Waals surface area contributed by atoms with E-state index < -0.39 is 42.1 Å². The van der Waals surface area contributed by atoms with Crippen molar-refractivity contribution in [3.8, 4) is 5.75 Å². The molecule has 2 aromatic rings. The van der Waals surface area contributed by atoms with Crippen LogP contribution in [0.1, 0.15) is 17.9 Å². The maximum Gasteiger partial charge on any atom is 0.323 e. The molecular formula is C17H13N3O7. The smallest absolute Gasteiger partial charge is 0.323 e. The first-order chi connectivity index (χ1) is 12.8. The predicted molar refractivity (Wildman–Crippen MR) is 86.5 cm³/mol. The molecule has 27 heavy (non-hydrogen) atoms. The number of carbonyl (C=O) groups excluding carboxylic acids is 3. The Morgan fingerprint density at radius 3 is 2.63 bits per heavy atom. The van der Waals surface area contributed by atoms with Crippen molar-refractivity contribution < 1.29 is 33.8 Å². The molecule has 1 saturated heterocycles. The number of imide groups is 1. The van der Waals surface area contributed by atoms with Crippen LogP contribution >= 0.6 is 0 Å². The number of hydrogen-bond acceptors (Lipinski definition) is 7. The average molecular weight is 371 g/mol. The third-order valence-corrected chi connectivity index (χ3v) is 4.74. The summed E-state index contributed by atoms with van der Waals surface area (Å²) in [4.78, 5) is 55.6. The number of carboxylic acid groups (broad SMARTS) is 1. The van der Waals surface area contributed by atoms with Gasteiger partial charge in [0.25, 0.3) is 5.91 Å². The third kappa shape index (κ3) is 2.30. The van der Waals surface area contributed by atoms with Gasteiger partial charge in [0.05, 0.1) is 12.6 Å². The van der Waals surface area contributed by atoms with Crippen LogP contribution in [0.3, 0.4) is 0 Å². The number of rotatable bonds is 4. The average Bonchev–Trinajstić information content (AvgIpc) is 3.26. The van der Waals surface area contributed by atoms with Gasteiger partial charge in [-0.1, -0.05) is 0 Å². The quantitative estimate of drug-likeness (QED) is 0.565. The molecule has 2 aliphatic rings. The minimum atomic E-state index is -1.90. The Labute approximate surface area is 151 Å². The van der Waals surface area contributed by atoms with Crippen molar-refractivity contribution >= 4 is 29.4 Å². The number of fused-ring (bicyclic) bond motifs is 2. The first-order valence-corrected chi connectivity index (χ1v) is 7.95. The number of carbonyl (C=O) groups is 4. The second kappa shape index (κ2) is 5.66. The Bertz CT molecular complexity index is 984. The first-order valence-electron chi connectivity index (χ1n) is 7.95. The summed E-state index contributed by atoms with van der Waals surface area (Å²) < 4.78 is 5.06. The largest absolute Gasteiger partial charge is 0.508 e. The number of anilines is 1. The van der Waals surface area contributed by atoms with Gasteiger partial charge in [0.15, 0.2) is 5.41 Å². The van der Waals surface area contributed by atoms with Crippen LogP contribution in [-0.4, -0.2) is 50.3 Å². The van der Waals surface area contributed by atoms with Gasteiger partial charge in [0.1, 0.15) is 25.1 Å². The molecule has 1 aromatic carbocycles. The number of hydrogen-bond donors (Lipinski definition) is 2. The molecule has 0 saturated carbocycles. The highest BCUT2D eigenvalue weighted by atomic mass is 16.4. The van der Waals surface area contributed by atoms with E-state index in [4.69, 9.17) is 9.52 Å². The van der Waals surface area contributed by atoms with Gasteiger partial charge in [-0.25, -0.2) is 4.98 Å². The van der Waals surface area contributed by atoms with Crippen molar-refractivity contribution in [1.82, 2.24) is 9.88 Å². The minimum absolute atomic E-state index is 0.113. The number of phenols is 1. The lowest BCUT2D eigenvalue weighted by Crippen LogP contribution is -2.47. The summed E-state index contributed by atoms with van der Waals surface area (Å²) in [5.74, 6) is -3.57. The molecule has 3 amide bonds. The highest BCUT2D eigenvalue weighted by Gasteiger charge is 2.64. The Hall–Kier alpha value is -3.69. The van der Waals surface area contributed by atoms with Gasteiger partial charge < -0.3 is 14.6 Å². The summed E-state index contributed by atoms with van der Waals surface area (Å²) in [6.07, 6.45) is 2.19. The number of oxazole rings is 1. The zero-order valence-corrected chi connectivity index (χ0v) is 13.8. The Morgan fingerprint density at radius 1 is 1.22 bits per heavy atom. The number of benzene rings is 1. The SMILES string of the molecule is O=C(O)CN1C(=O)C2(CC(=O)N(Cc3ncco3)C2=O)c2cc(O)ccc21. The Morgan fingerprint density at radius 2 is 1.96 bits per heavy atom. The molecule has 3 heterocycles. The lowest BCUT2D eigenvalue weighted by molar-refractivity contribution is -0.143. The molecule has 1 spiro atoms. The van der Waals surface area contributed by atoms with Crippen molar-refractivity contribution in [2.24, 2.45) is 0 Å². The van der Waals surface area contributed by atoms with Crippen LogP contribution in [0.15, 0.2) is 35.1 Å². The van der Waals surface area contributed by atoms with Crippen LogP contribution < -0.4 is 4.90 Å². The number of amides is 3. The number of carboxylic acids is 1. The molecule has 0 aliphatic carbocycles. The molecule has 1 aromatic heterocycles. The van der Waals surface area contributed by atoms with Crippen molar-refractivity contribution in [1.29, 1.82) is 0 Å². The molecular weight excluding hydrogens is 358 g/mol. The van der Waals surface area contributed by atoms with E-state index in [1.54, 1.807) is 0 Å². The molecule has 2 aliphatic heterocycles.